The van der Waals surface area contributed by atoms with Gasteiger partial charge in [-0.1, -0.05) is 42.5 Å². The first-order valence-corrected chi connectivity index (χ1v) is 10.1. The fraction of sp³-hybridized carbons (Fsp3) is 0.160. The molecule has 3 rings (SSSR count). The molecule has 0 fully saturated rings. The Morgan fingerprint density at radius 2 is 1.59 bits per heavy atom. The minimum absolute atomic E-state index is 0.203. The lowest BCUT2D eigenvalue weighted by Crippen LogP contribution is -2.45. The molecule has 0 unspecified atom stereocenters. The summed E-state index contributed by atoms with van der Waals surface area (Å²) in [5, 5.41) is 5.31. The molecule has 3 aromatic carbocycles. The highest BCUT2D eigenvalue weighted by Crippen LogP contribution is 2.17. The highest BCUT2D eigenvalue weighted by molar-refractivity contribution is 5.98. The molecule has 0 aromatic heterocycles. The van der Waals surface area contributed by atoms with Gasteiger partial charge in [0.15, 0.2) is 0 Å². The Morgan fingerprint density at radius 1 is 0.906 bits per heavy atom. The van der Waals surface area contributed by atoms with Gasteiger partial charge in [0, 0.05) is 24.6 Å². The molecule has 0 bridgehead atoms. The molecular formula is C25H25N3O4. The van der Waals surface area contributed by atoms with Crippen LogP contribution in [0.1, 0.15) is 28.4 Å². The third-order valence-corrected chi connectivity index (χ3v) is 4.70. The van der Waals surface area contributed by atoms with Gasteiger partial charge in [0.1, 0.15) is 18.4 Å². The van der Waals surface area contributed by atoms with E-state index >= 15 is 0 Å². The molecule has 0 aliphatic carbocycles. The molecule has 164 valence electrons. The van der Waals surface area contributed by atoms with Crippen LogP contribution in [0.15, 0.2) is 78.9 Å². The smallest absolute Gasteiger partial charge is 0.251 e. The molecular weight excluding hydrogens is 406 g/mol. The molecule has 0 saturated carbocycles. The van der Waals surface area contributed by atoms with Gasteiger partial charge < -0.3 is 21.1 Å². The first-order valence-electron chi connectivity index (χ1n) is 10.1. The number of nitrogens with two attached hydrogens (primary N) is 1. The lowest BCUT2D eigenvalue weighted by atomic mass is 10.0. The number of anilines is 1. The molecule has 32 heavy (non-hydrogen) atoms. The SMILES string of the molecule is CC(=O)Nc1ccc(C(=O)N[C@@H](Cc2cccc(OCc3ccccc3)c2)C(N)=O)cc1. The maximum atomic E-state index is 12.6. The lowest BCUT2D eigenvalue weighted by molar-refractivity contribution is -0.119. The third-order valence-electron chi connectivity index (χ3n) is 4.70. The summed E-state index contributed by atoms with van der Waals surface area (Å²) in [5.41, 5.74) is 8.31. The Kier molecular flexibility index (Phi) is 7.59. The molecule has 1 atom stereocenters. The van der Waals surface area contributed by atoms with Crippen LogP contribution >= 0.6 is 0 Å². The lowest BCUT2D eigenvalue weighted by Gasteiger charge is -2.16. The van der Waals surface area contributed by atoms with E-state index in [4.69, 9.17) is 10.5 Å². The van der Waals surface area contributed by atoms with Crippen LogP contribution < -0.4 is 21.1 Å². The first kappa shape index (κ1) is 22.6. The molecule has 0 heterocycles. The van der Waals surface area contributed by atoms with Crippen LogP contribution in [0.5, 0.6) is 5.75 Å². The number of hydrogen-bond donors (Lipinski definition) is 3. The Balaban J connectivity index is 1.63. The summed E-state index contributed by atoms with van der Waals surface area (Å²) >= 11 is 0. The monoisotopic (exact) mass is 431 g/mol. The zero-order chi connectivity index (χ0) is 22.9. The quantitative estimate of drug-likeness (QED) is 0.484. The number of primary amides is 1. The average molecular weight is 431 g/mol. The molecule has 4 N–H and O–H groups in total. The van der Waals surface area contributed by atoms with Crippen molar-refractivity contribution in [2.24, 2.45) is 5.73 Å². The Bertz CT molecular complexity index is 1080. The van der Waals surface area contributed by atoms with Crippen LogP contribution in [-0.2, 0) is 22.6 Å². The van der Waals surface area contributed by atoms with E-state index in [2.05, 4.69) is 10.6 Å². The summed E-state index contributed by atoms with van der Waals surface area (Å²) in [6.07, 6.45) is 0.230. The van der Waals surface area contributed by atoms with Gasteiger partial charge in [-0.15, -0.1) is 0 Å². The Labute approximate surface area is 186 Å². The molecule has 0 aliphatic rings. The number of amides is 3. The zero-order valence-corrected chi connectivity index (χ0v) is 17.7. The van der Waals surface area contributed by atoms with Gasteiger partial charge in [-0.25, -0.2) is 0 Å². The molecule has 3 aromatic rings. The number of carbonyl (C=O) groups excluding carboxylic acids is 3. The van der Waals surface area contributed by atoms with Gasteiger partial charge in [-0.05, 0) is 47.5 Å². The summed E-state index contributed by atoms with van der Waals surface area (Å²) in [7, 11) is 0. The van der Waals surface area contributed by atoms with Gasteiger partial charge in [-0.3, -0.25) is 14.4 Å². The second kappa shape index (κ2) is 10.8. The van der Waals surface area contributed by atoms with Crippen LogP contribution in [0.25, 0.3) is 0 Å². The average Bonchev–Trinajstić information content (AvgIpc) is 2.78. The van der Waals surface area contributed by atoms with Gasteiger partial charge in [0.25, 0.3) is 5.91 Å². The summed E-state index contributed by atoms with van der Waals surface area (Å²) in [4.78, 5) is 35.7. The summed E-state index contributed by atoms with van der Waals surface area (Å²) in [6, 6.07) is 22.6. The highest BCUT2D eigenvalue weighted by Gasteiger charge is 2.20. The van der Waals surface area contributed by atoms with Crippen molar-refractivity contribution in [1.82, 2.24) is 5.32 Å². The second-order valence-corrected chi connectivity index (χ2v) is 7.31. The second-order valence-electron chi connectivity index (χ2n) is 7.31. The third kappa shape index (κ3) is 6.70. The Hall–Kier alpha value is -4.13. The number of rotatable bonds is 9. The minimum Gasteiger partial charge on any atom is -0.489 e. The van der Waals surface area contributed by atoms with Crippen molar-refractivity contribution in [3.8, 4) is 5.75 Å². The normalized spacial score (nSPS) is 11.3. The molecule has 0 aliphatic heterocycles. The van der Waals surface area contributed by atoms with Crippen molar-refractivity contribution in [3.63, 3.8) is 0 Å². The predicted molar refractivity (Wildman–Crippen MR) is 122 cm³/mol. The van der Waals surface area contributed by atoms with Crippen LogP contribution in [0.3, 0.4) is 0 Å². The number of nitrogens with one attached hydrogen (secondary N) is 2. The Morgan fingerprint density at radius 3 is 2.25 bits per heavy atom. The van der Waals surface area contributed by atoms with Crippen molar-refractivity contribution in [1.29, 1.82) is 0 Å². The van der Waals surface area contributed by atoms with Crippen molar-refractivity contribution < 1.29 is 19.1 Å². The molecule has 0 saturated heterocycles. The van der Waals surface area contributed by atoms with Gasteiger partial charge in [-0.2, -0.15) is 0 Å². The molecule has 0 radical (unpaired) electrons. The van der Waals surface area contributed by atoms with Crippen LogP contribution in [-0.4, -0.2) is 23.8 Å². The summed E-state index contributed by atoms with van der Waals surface area (Å²) < 4.78 is 5.83. The largest absolute Gasteiger partial charge is 0.489 e. The van der Waals surface area contributed by atoms with Crippen LogP contribution in [0, 0.1) is 0 Å². The number of hydrogen-bond acceptors (Lipinski definition) is 4. The van der Waals surface area contributed by atoms with Crippen LogP contribution in [0.4, 0.5) is 5.69 Å². The first-order chi connectivity index (χ1) is 15.4. The van der Waals surface area contributed by atoms with Gasteiger partial charge in [0.2, 0.25) is 11.8 Å². The van der Waals surface area contributed by atoms with E-state index in [1.165, 1.54) is 6.92 Å². The van der Waals surface area contributed by atoms with E-state index in [0.29, 0.717) is 23.6 Å². The van der Waals surface area contributed by atoms with Crippen molar-refractivity contribution in [3.05, 3.63) is 95.6 Å². The number of ether oxygens (including phenoxy) is 1. The van der Waals surface area contributed by atoms with E-state index in [9.17, 15) is 14.4 Å². The summed E-state index contributed by atoms with van der Waals surface area (Å²) in [5.74, 6) is -0.607. The van der Waals surface area contributed by atoms with E-state index in [-0.39, 0.29) is 12.3 Å². The standard InChI is InChI=1S/C25H25N3O4/c1-17(29)27-21-12-10-20(11-13-21)25(31)28-23(24(26)30)15-19-8-5-9-22(14-19)32-16-18-6-3-2-4-7-18/h2-14,23H,15-16H2,1H3,(H2,26,30)(H,27,29)(H,28,31)/t23-/m0/s1. The number of carbonyl (C=O) groups is 3. The van der Waals surface area contributed by atoms with E-state index in [1.807, 2.05) is 54.6 Å². The van der Waals surface area contributed by atoms with Gasteiger partial charge in [0.05, 0.1) is 0 Å². The fourth-order valence-electron chi connectivity index (χ4n) is 3.11. The minimum atomic E-state index is -0.887. The molecule has 7 nitrogen and oxygen atoms in total. The zero-order valence-electron chi connectivity index (χ0n) is 17.7. The maximum Gasteiger partial charge on any atom is 0.251 e. The van der Waals surface area contributed by atoms with Crippen molar-refractivity contribution >= 4 is 23.4 Å². The topological polar surface area (TPSA) is 111 Å². The van der Waals surface area contributed by atoms with Crippen LogP contribution in [0.2, 0.25) is 0 Å². The summed E-state index contributed by atoms with van der Waals surface area (Å²) in [6.45, 7) is 1.83. The number of benzene rings is 3. The molecule has 3 amide bonds. The van der Waals surface area contributed by atoms with E-state index < -0.39 is 17.9 Å². The van der Waals surface area contributed by atoms with E-state index in [0.717, 1.165) is 11.1 Å². The molecule has 7 heteroatoms. The molecule has 0 spiro atoms. The van der Waals surface area contributed by atoms with E-state index in [1.54, 1.807) is 24.3 Å². The predicted octanol–water partition coefficient (Wildman–Crippen LogP) is 3.05. The van der Waals surface area contributed by atoms with Gasteiger partial charge >= 0.3 is 0 Å². The fourth-order valence-corrected chi connectivity index (χ4v) is 3.11. The highest BCUT2D eigenvalue weighted by atomic mass is 16.5. The van der Waals surface area contributed by atoms with Crippen molar-refractivity contribution in [2.45, 2.75) is 26.0 Å². The maximum absolute atomic E-state index is 12.6. The van der Waals surface area contributed by atoms with Crippen molar-refractivity contribution in [2.75, 3.05) is 5.32 Å².